The van der Waals surface area contributed by atoms with Gasteiger partial charge in [0.15, 0.2) is 0 Å². The summed E-state index contributed by atoms with van der Waals surface area (Å²) in [4.78, 5) is 0. The molecule has 0 saturated heterocycles. The van der Waals surface area contributed by atoms with E-state index in [9.17, 15) is 10.2 Å². The summed E-state index contributed by atoms with van der Waals surface area (Å²) < 4.78 is 5.82. The molecule has 0 saturated carbocycles. The summed E-state index contributed by atoms with van der Waals surface area (Å²) in [6, 6.07) is 0. The van der Waals surface area contributed by atoms with Gasteiger partial charge in [0.25, 0.3) is 0 Å². The third-order valence-corrected chi connectivity index (χ3v) is 5.73. The molecule has 0 spiro atoms. The monoisotopic (exact) mass is 306 g/mol. The van der Waals surface area contributed by atoms with Crippen molar-refractivity contribution >= 4 is 0 Å². The van der Waals surface area contributed by atoms with Gasteiger partial charge in [0, 0.05) is 18.1 Å². The number of hydrogen-bond donors (Lipinski definition) is 2. The zero-order chi connectivity index (χ0) is 17.2. The van der Waals surface area contributed by atoms with Crippen LogP contribution in [0.3, 0.4) is 0 Å². The van der Waals surface area contributed by atoms with Gasteiger partial charge in [0.1, 0.15) is 16.8 Å². The summed E-state index contributed by atoms with van der Waals surface area (Å²) in [6.07, 6.45) is 7.51. The second-order valence-electron chi connectivity index (χ2n) is 8.48. The van der Waals surface area contributed by atoms with Gasteiger partial charge < -0.3 is 14.9 Å². The van der Waals surface area contributed by atoms with E-state index in [1.165, 1.54) is 0 Å². The molecule has 0 aromatic carbocycles. The molecule has 0 heterocycles. The Hall–Kier alpha value is -0.900. The molecule has 0 fully saturated rings. The van der Waals surface area contributed by atoms with Crippen molar-refractivity contribution < 1.29 is 14.9 Å². The third-order valence-electron chi connectivity index (χ3n) is 5.73. The number of methoxy groups -OCH3 is 1. The van der Waals surface area contributed by atoms with Gasteiger partial charge in [-0.3, -0.25) is 0 Å². The maximum absolute atomic E-state index is 10.9. The van der Waals surface area contributed by atoms with Gasteiger partial charge in [0.2, 0.25) is 0 Å². The van der Waals surface area contributed by atoms with E-state index < -0.39 is 16.8 Å². The minimum atomic E-state index is -1.20. The number of hydrogen-bond acceptors (Lipinski definition) is 3. The van der Waals surface area contributed by atoms with Crippen molar-refractivity contribution in [3.05, 3.63) is 35.5 Å². The van der Waals surface area contributed by atoms with Gasteiger partial charge in [0.05, 0.1) is 0 Å². The van der Waals surface area contributed by atoms with Crippen LogP contribution in [0.25, 0.3) is 0 Å². The van der Waals surface area contributed by atoms with Crippen LogP contribution < -0.4 is 0 Å². The summed E-state index contributed by atoms with van der Waals surface area (Å²) >= 11 is 0. The SMILES string of the molecule is COC1(C)C=CC(C)(O)C2=C1C(C)(C(C)(C)C)C=CC2(C)O. The van der Waals surface area contributed by atoms with Crippen molar-refractivity contribution in [3.8, 4) is 0 Å². The first-order valence-corrected chi connectivity index (χ1v) is 7.88. The molecule has 2 aliphatic rings. The van der Waals surface area contributed by atoms with E-state index in [0.29, 0.717) is 5.57 Å². The lowest BCUT2D eigenvalue weighted by atomic mass is 9.52. The number of allylic oxidation sites excluding steroid dienone is 1. The molecule has 0 aliphatic heterocycles. The minimum absolute atomic E-state index is 0.0956. The highest BCUT2D eigenvalue weighted by atomic mass is 16.5. The van der Waals surface area contributed by atoms with E-state index >= 15 is 0 Å². The molecule has 3 nitrogen and oxygen atoms in total. The second-order valence-corrected chi connectivity index (χ2v) is 8.48. The normalized spacial score (nSPS) is 45.2. The van der Waals surface area contributed by atoms with Gasteiger partial charge in [-0.25, -0.2) is 0 Å². The van der Waals surface area contributed by atoms with Crippen molar-refractivity contribution in [2.45, 2.75) is 65.3 Å². The Morgan fingerprint density at radius 3 is 1.68 bits per heavy atom. The lowest BCUT2D eigenvalue weighted by Gasteiger charge is -2.55. The molecule has 0 radical (unpaired) electrons. The predicted octanol–water partition coefficient (Wildman–Crippen LogP) is 3.38. The first kappa shape index (κ1) is 17.5. The Bertz CT molecular complexity index is 562. The molecule has 2 rings (SSSR count). The maximum Gasteiger partial charge on any atom is 0.105 e. The third kappa shape index (κ3) is 2.22. The molecule has 0 aromatic rings. The molecule has 4 atom stereocenters. The Balaban J connectivity index is 2.89. The van der Waals surface area contributed by atoms with Crippen molar-refractivity contribution in [2.75, 3.05) is 7.11 Å². The molecule has 4 unspecified atom stereocenters. The molecule has 0 bridgehead atoms. The van der Waals surface area contributed by atoms with Crippen LogP contribution in [0.4, 0.5) is 0 Å². The maximum atomic E-state index is 10.9. The average Bonchev–Trinajstić information content (AvgIpc) is 2.36. The fraction of sp³-hybridized carbons (Fsp3) is 0.684. The molecule has 2 aliphatic carbocycles. The fourth-order valence-corrected chi connectivity index (χ4v) is 3.82. The van der Waals surface area contributed by atoms with Crippen LogP contribution in [-0.2, 0) is 4.74 Å². The predicted molar refractivity (Wildman–Crippen MR) is 89.5 cm³/mol. The van der Waals surface area contributed by atoms with Crippen LogP contribution in [0.1, 0.15) is 48.5 Å². The molecular weight excluding hydrogens is 276 g/mol. The summed E-state index contributed by atoms with van der Waals surface area (Å²) in [6.45, 7) is 14.1. The van der Waals surface area contributed by atoms with Crippen molar-refractivity contribution in [3.63, 3.8) is 0 Å². The molecule has 0 aromatic heterocycles. The summed E-state index contributed by atoms with van der Waals surface area (Å²) in [5.74, 6) is 0. The average molecular weight is 306 g/mol. The Kier molecular flexibility index (Phi) is 3.62. The van der Waals surface area contributed by atoms with E-state index in [-0.39, 0.29) is 10.8 Å². The summed E-state index contributed by atoms with van der Waals surface area (Å²) in [5, 5.41) is 21.9. The first-order valence-electron chi connectivity index (χ1n) is 7.88. The van der Waals surface area contributed by atoms with Crippen LogP contribution >= 0.6 is 0 Å². The summed E-state index contributed by atoms with van der Waals surface area (Å²) in [5.41, 5.74) is -1.91. The zero-order valence-electron chi connectivity index (χ0n) is 15.1. The van der Waals surface area contributed by atoms with Crippen LogP contribution in [0.15, 0.2) is 35.5 Å². The van der Waals surface area contributed by atoms with Gasteiger partial charge in [-0.2, -0.15) is 0 Å². The molecular formula is C19H30O3. The lowest BCUT2D eigenvalue weighted by molar-refractivity contribution is 0.00650. The number of ether oxygens (including phenoxy) is 1. The summed E-state index contributed by atoms with van der Waals surface area (Å²) in [7, 11) is 1.67. The van der Waals surface area contributed by atoms with Gasteiger partial charge in [-0.05, 0) is 43.9 Å². The lowest BCUT2D eigenvalue weighted by Crippen LogP contribution is -2.55. The van der Waals surface area contributed by atoms with E-state index in [1.807, 2.05) is 13.0 Å². The first-order chi connectivity index (χ1) is 9.71. The van der Waals surface area contributed by atoms with Crippen LogP contribution in [-0.4, -0.2) is 34.1 Å². The van der Waals surface area contributed by atoms with Crippen molar-refractivity contribution in [2.24, 2.45) is 10.8 Å². The smallest absolute Gasteiger partial charge is 0.105 e. The van der Waals surface area contributed by atoms with E-state index in [2.05, 4.69) is 33.8 Å². The number of rotatable bonds is 1. The quantitative estimate of drug-likeness (QED) is 0.730. The van der Waals surface area contributed by atoms with Crippen LogP contribution in [0.2, 0.25) is 0 Å². The standard InChI is InChI=1S/C19H30O3/c1-15(2,3)16(4)9-10-17(5,20)14-13(16)19(7,22-8)12-11-18(14,6)21/h9-12,20-21H,1-8H3. The molecule has 124 valence electrons. The van der Waals surface area contributed by atoms with E-state index in [1.54, 1.807) is 33.1 Å². The largest absolute Gasteiger partial charge is 0.382 e. The highest BCUT2D eigenvalue weighted by Crippen LogP contribution is 2.58. The highest BCUT2D eigenvalue weighted by molar-refractivity contribution is 5.55. The van der Waals surface area contributed by atoms with Gasteiger partial charge in [-0.1, -0.05) is 39.8 Å². The van der Waals surface area contributed by atoms with Crippen LogP contribution in [0.5, 0.6) is 0 Å². The Labute approximate surface area is 134 Å². The molecule has 0 amide bonds. The van der Waals surface area contributed by atoms with Gasteiger partial charge in [-0.15, -0.1) is 0 Å². The van der Waals surface area contributed by atoms with Gasteiger partial charge >= 0.3 is 0 Å². The Morgan fingerprint density at radius 2 is 1.27 bits per heavy atom. The molecule has 3 heteroatoms. The van der Waals surface area contributed by atoms with Crippen LogP contribution in [0, 0.1) is 10.8 Å². The van der Waals surface area contributed by atoms with Crippen molar-refractivity contribution in [1.82, 2.24) is 0 Å². The van der Waals surface area contributed by atoms with Crippen molar-refractivity contribution in [1.29, 1.82) is 0 Å². The van der Waals surface area contributed by atoms with E-state index in [0.717, 1.165) is 5.57 Å². The zero-order valence-corrected chi connectivity index (χ0v) is 15.1. The Morgan fingerprint density at radius 1 is 0.818 bits per heavy atom. The highest BCUT2D eigenvalue weighted by Gasteiger charge is 2.56. The number of aliphatic hydroxyl groups is 2. The van der Waals surface area contributed by atoms with E-state index in [4.69, 9.17) is 4.74 Å². The topological polar surface area (TPSA) is 49.7 Å². The molecule has 22 heavy (non-hydrogen) atoms. The second kappa shape index (κ2) is 4.56. The minimum Gasteiger partial charge on any atom is -0.382 e. The molecule has 2 N–H and O–H groups in total. The fourth-order valence-electron chi connectivity index (χ4n) is 3.82.